The highest BCUT2D eigenvalue weighted by molar-refractivity contribution is 5.76. The Balaban J connectivity index is 1.12. The average molecular weight is 532 g/mol. The highest BCUT2D eigenvalue weighted by atomic mass is 19.4. The van der Waals surface area contributed by atoms with E-state index in [-0.39, 0.29) is 17.4 Å². The molecule has 2 aliphatic heterocycles. The first-order valence-corrected chi connectivity index (χ1v) is 13.6. The lowest BCUT2D eigenvalue weighted by Crippen LogP contribution is -2.44. The molecule has 0 spiro atoms. The van der Waals surface area contributed by atoms with Crippen LogP contribution in [0.4, 0.5) is 24.7 Å². The number of amides is 1. The van der Waals surface area contributed by atoms with Crippen LogP contribution in [0.15, 0.2) is 42.6 Å². The van der Waals surface area contributed by atoms with Gasteiger partial charge in [-0.25, -0.2) is 4.98 Å². The summed E-state index contributed by atoms with van der Waals surface area (Å²) in [4.78, 5) is 21.0. The summed E-state index contributed by atoms with van der Waals surface area (Å²) in [5.74, 6) is 0.609. The van der Waals surface area contributed by atoms with Gasteiger partial charge in [-0.3, -0.25) is 4.79 Å². The van der Waals surface area contributed by atoms with Crippen molar-refractivity contribution in [3.8, 4) is 0 Å². The van der Waals surface area contributed by atoms with Crippen molar-refractivity contribution in [3.63, 3.8) is 0 Å². The van der Waals surface area contributed by atoms with E-state index in [4.69, 9.17) is 0 Å². The molecule has 2 saturated heterocycles. The Morgan fingerprint density at radius 2 is 1.45 bits per heavy atom. The lowest BCUT2D eigenvalue weighted by atomic mass is 9.87. The number of aromatic nitrogens is 1. The Hall–Kier alpha value is -2.81. The minimum Gasteiger partial charge on any atom is -0.382 e. The number of pyridine rings is 1. The number of likely N-dealkylation sites (tertiary alicyclic amines) is 2. The Morgan fingerprint density at radius 1 is 0.868 bits per heavy atom. The molecule has 0 atom stereocenters. The minimum atomic E-state index is -4.39. The smallest absolute Gasteiger partial charge is 0.382 e. The number of nitrogens with one attached hydrogen (secondary N) is 2. The lowest BCUT2D eigenvalue weighted by Gasteiger charge is -2.35. The highest BCUT2D eigenvalue weighted by Gasteiger charge is 2.31. The van der Waals surface area contributed by atoms with Crippen molar-refractivity contribution < 1.29 is 18.0 Å². The third-order valence-electron chi connectivity index (χ3n) is 7.64. The van der Waals surface area contributed by atoms with Gasteiger partial charge in [-0.1, -0.05) is 32.9 Å². The molecule has 0 aliphatic carbocycles. The monoisotopic (exact) mass is 531 g/mol. The molecule has 3 heterocycles. The maximum absolute atomic E-state index is 12.8. The number of carbonyl (C=O) groups excluding carboxylic acids is 1. The van der Waals surface area contributed by atoms with E-state index < -0.39 is 11.7 Å². The van der Waals surface area contributed by atoms with Crippen molar-refractivity contribution in [2.45, 2.75) is 76.6 Å². The first-order valence-electron chi connectivity index (χ1n) is 13.6. The number of anilines is 2. The molecule has 2 aliphatic rings. The molecule has 1 amide bonds. The molecule has 2 fully saturated rings. The minimum absolute atomic E-state index is 0.0967. The molecule has 2 aromatic rings. The topological polar surface area (TPSA) is 60.5 Å². The molecular formula is C29H40F3N5O. The first kappa shape index (κ1) is 28.2. The van der Waals surface area contributed by atoms with E-state index in [1.807, 2.05) is 4.90 Å². The van der Waals surface area contributed by atoms with Crippen LogP contribution in [0.25, 0.3) is 0 Å². The summed E-state index contributed by atoms with van der Waals surface area (Å²) in [6.07, 6.45) is 0.608. The summed E-state index contributed by atoms with van der Waals surface area (Å²) >= 11 is 0. The number of hydrogen-bond donors (Lipinski definition) is 2. The van der Waals surface area contributed by atoms with Crippen LogP contribution in [0, 0.1) is 0 Å². The van der Waals surface area contributed by atoms with E-state index >= 15 is 0 Å². The van der Waals surface area contributed by atoms with Gasteiger partial charge in [0, 0.05) is 63.1 Å². The van der Waals surface area contributed by atoms with E-state index in [9.17, 15) is 18.0 Å². The molecule has 2 N–H and O–H groups in total. The fourth-order valence-electron chi connectivity index (χ4n) is 5.14. The number of hydrogen-bond acceptors (Lipinski definition) is 5. The zero-order valence-corrected chi connectivity index (χ0v) is 22.7. The summed E-state index contributed by atoms with van der Waals surface area (Å²) in [5.41, 5.74) is 1.90. The maximum atomic E-state index is 12.8. The Labute approximate surface area is 224 Å². The van der Waals surface area contributed by atoms with Crippen LogP contribution in [0.3, 0.4) is 0 Å². The number of benzene rings is 1. The van der Waals surface area contributed by atoms with E-state index in [0.29, 0.717) is 31.4 Å². The van der Waals surface area contributed by atoms with Gasteiger partial charge in [0.25, 0.3) is 0 Å². The van der Waals surface area contributed by atoms with Crippen LogP contribution in [-0.2, 0) is 16.4 Å². The summed E-state index contributed by atoms with van der Waals surface area (Å²) in [6, 6.07) is 11.7. The third kappa shape index (κ3) is 7.85. The predicted molar refractivity (Wildman–Crippen MR) is 145 cm³/mol. The molecule has 4 rings (SSSR count). The van der Waals surface area contributed by atoms with Gasteiger partial charge in [0.1, 0.15) is 5.82 Å². The molecule has 1 aromatic heterocycles. The number of alkyl halides is 3. The van der Waals surface area contributed by atoms with Crippen LogP contribution in [0.5, 0.6) is 0 Å². The van der Waals surface area contributed by atoms with Crippen molar-refractivity contribution in [1.82, 2.24) is 14.8 Å². The normalized spacial score (nSPS) is 18.4. The van der Waals surface area contributed by atoms with Crippen molar-refractivity contribution in [2.24, 2.45) is 0 Å². The Bertz CT molecular complexity index is 1030. The lowest BCUT2D eigenvalue weighted by molar-refractivity contribution is -0.137. The highest BCUT2D eigenvalue weighted by Crippen LogP contribution is 2.29. The number of piperidine rings is 2. The molecule has 38 heavy (non-hydrogen) atoms. The van der Waals surface area contributed by atoms with E-state index in [1.54, 1.807) is 0 Å². The fraction of sp³-hybridized carbons (Fsp3) is 0.586. The second-order valence-corrected chi connectivity index (χ2v) is 11.6. The largest absolute Gasteiger partial charge is 0.417 e. The summed E-state index contributed by atoms with van der Waals surface area (Å²) in [7, 11) is 0. The van der Waals surface area contributed by atoms with Gasteiger partial charge in [-0.05, 0) is 60.9 Å². The van der Waals surface area contributed by atoms with Crippen LogP contribution in [-0.4, -0.2) is 65.5 Å². The second-order valence-electron chi connectivity index (χ2n) is 11.6. The molecule has 9 heteroatoms. The second kappa shape index (κ2) is 11.9. The van der Waals surface area contributed by atoms with Gasteiger partial charge >= 0.3 is 6.18 Å². The van der Waals surface area contributed by atoms with Crippen molar-refractivity contribution in [3.05, 3.63) is 53.7 Å². The Kier molecular flexibility index (Phi) is 8.85. The van der Waals surface area contributed by atoms with Gasteiger partial charge < -0.3 is 20.4 Å². The quantitative estimate of drug-likeness (QED) is 0.475. The molecular weight excluding hydrogens is 491 g/mol. The number of nitrogens with zero attached hydrogens (tertiary/aromatic N) is 3. The summed E-state index contributed by atoms with van der Waals surface area (Å²) < 4.78 is 38.1. The van der Waals surface area contributed by atoms with Crippen molar-refractivity contribution >= 4 is 17.4 Å². The number of rotatable bonds is 7. The first-order chi connectivity index (χ1) is 18.0. The van der Waals surface area contributed by atoms with Gasteiger partial charge in [-0.2, -0.15) is 13.2 Å². The fourth-order valence-corrected chi connectivity index (χ4v) is 5.14. The number of halogens is 3. The van der Waals surface area contributed by atoms with Crippen LogP contribution in [0.2, 0.25) is 0 Å². The average Bonchev–Trinajstić information content (AvgIpc) is 2.88. The van der Waals surface area contributed by atoms with E-state index in [1.165, 1.54) is 17.3 Å². The SMILES string of the molecule is CC(C)(C)c1ccc(NC2CCN(CCC(=O)N3CCC(Nc4ccc(C(F)(F)F)cn4)CC3)CC2)cc1. The van der Waals surface area contributed by atoms with Crippen LogP contribution in [0.1, 0.15) is 64.0 Å². The summed E-state index contributed by atoms with van der Waals surface area (Å²) in [5, 5.41) is 6.87. The summed E-state index contributed by atoms with van der Waals surface area (Å²) in [6.45, 7) is 10.7. The predicted octanol–water partition coefficient (Wildman–Crippen LogP) is 5.77. The van der Waals surface area contributed by atoms with Crippen LogP contribution < -0.4 is 10.6 Å². The third-order valence-corrected chi connectivity index (χ3v) is 7.64. The molecule has 0 radical (unpaired) electrons. The molecule has 0 bridgehead atoms. The van der Waals surface area contributed by atoms with Gasteiger partial charge in [0.15, 0.2) is 0 Å². The van der Waals surface area contributed by atoms with E-state index in [2.05, 4.69) is 65.6 Å². The van der Waals surface area contributed by atoms with Crippen LogP contribution >= 0.6 is 0 Å². The van der Waals surface area contributed by atoms with Gasteiger partial charge in [0.05, 0.1) is 5.56 Å². The molecule has 1 aromatic carbocycles. The zero-order valence-electron chi connectivity index (χ0n) is 22.7. The van der Waals surface area contributed by atoms with Crippen molar-refractivity contribution in [2.75, 3.05) is 43.4 Å². The van der Waals surface area contributed by atoms with Gasteiger partial charge in [0.2, 0.25) is 5.91 Å². The number of carbonyl (C=O) groups is 1. The van der Waals surface area contributed by atoms with Crippen molar-refractivity contribution in [1.29, 1.82) is 0 Å². The van der Waals surface area contributed by atoms with E-state index in [0.717, 1.165) is 57.6 Å². The van der Waals surface area contributed by atoms with Gasteiger partial charge in [-0.15, -0.1) is 0 Å². The molecule has 208 valence electrons. The molecule has 0 saturated carbocycles. The molecule has 6 nitrogen and oxygen atoms in total. The zero-order chi connectivity index (χ0) is 27.3. The molecule has 0 unspecified atom stereocenters. The maximum Gasteiger partial charge on any atom is 0.417 e. The standard InChI is InChI=1S/C29H40F3N5O/c1-28(2,3)21-4-7-23(8-5-21)34-24-10-15-36(16-11-24)17-14-27(38)37-18-12-25(13-19-37)35-26-9-6-22(20-33-26)29(30,31)32/h4-9,20,24-25,34H,10-19H2,1-3H3,(H,33,35). The Morgan fingerprint density at radius 3 is 2.00 bits per heavy atom.